The zero-order valence-electron chi connectivity index (χ0n) is 15.9. The zero-order valence-corrected chi connectivity index (χ0v) is 16.6. The molecule has 2 rings (SSSR count). The largest absolute Gasteiger partial charge is 0.368 e. The summed E-state index contributed by atoms with van der Waals surface area (Å²) in [5.74, 6) is 0.348. The van der Waals surface area contributed by atoms with Crippen LogP contribution < -0.4 is 5.32 Å². The SMILES string of the molecule is CCN(CC)C(=O)c1ccc(NC(=O)COC2CCCC(C)C2)cc1Cl. The Bertz CT molecular complexity index is 631. The number of amides is 2. The highest BCUT2D eigenvalue weighted by Crippen LogP contribution is 2.26. The number of carbonyl (C=O) groups is 2. The van der Waals surface area contributed by atoms with Crippen LogP contribution >= 0.6 is 11.6 Å². The fraction of sp³-hybridized carbons (Fsp3) is 0.600. The fourth-order valence-corrected chi connectivity index (χ4v) is 3.63. The first-order valence-electron chi connectivity index (χ1n) is 9.44. The van der Waals surface area contributed by atoms with Crippen molar-refractivity contribution >= 4 is 29.1 Å². The second-order valence-corrected chi connectivity index (χ2v) is 7.33. The van der Waals surface area contributed by atoms with E-state index in [0.29, 0.717) is 35.3 Å². The van der Waals surface area contributed by atoms with Gasteiger partial charge in [-0.25, -0.2) is 0 Å². The number of benzene rings is 1. The van der Waals surface area contributed by atoms with E-state index in [-0.39, 0.29) is 24.5 Å². The molecule has 2 atom stereocenters. The molecule has 1 aromatic carbocycles. The third kappa shape index (κ3) is 5.71. The lowest BCUT2D eigenvalue weighted by Crippen LogP contribution is -2.30. The van der Waals surface area contributed by atoms with Crippen molar-refractivity contribution in [1.82, 2.24) is 4.90 Å². The molecule has 2 amide bonds. The minimum absolute atomic E-state index is 0.0368. The summed E-state index contributed by atoms with van der Waals surface area (Å²) >= 11 is 6.25. The Morgan fingerprint density at radius 1 is 1.27 bits per heavy atom. The van der Waals surface area contributed by atoms with E-state index in [1.54, 1.807) is 23.1 Å². The molecule has 144 valence electrons. The van der Waals surface area contributed by atoms with Crippen LogP contribution in [0, 0.1) is 5.92 Å². The van der Waals surface area contributed by atoms with Gasteiger partial charge in [-0.15, -0.1) is 0 Å². The van der Waals surface area contributed by atoms with Gasteiger partial charge in [-0.05, 0) is 50.8 Å². The third-order valence-electron chi connectivity index (χ3n) is 4.87. The highest BCUT2D eigenvalue weighted by atomic mass is 35.5. The van der Waals surface area contributed by atoms with Crippen LogP contribution in [0.5, 0.6) is 0 Å². The van der Waals surface area contributed by atoms with Crippen LogP contribution in [0.3, 0.4) is 0 Å². The lowest BCUT2D eigenvalue weighted by atomic mass is 9.89. The maximum atomic E-state index is 12.4. The molecule has 0 spiro atoms. The van der Waals surface area contributed by atoms with E-state index >= 15 is 0 Å². The topological polar surface area (TPSA) is 58.6 Å². The monoisotopic (exact) mass is 380 g/mol. The molecule has 1 aromatic rings. The van der Waals surface area contributed by atoms with E-state index in [1.165, 1.54) is 6.42 Å². The van der Waals surface area contributed by atoms with Gasteiger partial charge in [0, 0.05) is 18.8 Å². The Labute approximate surface area is 161 Å². The molecule has 0 heterocycles. The van der Waals surface area contributed by atoms with Crippen molar-refractivity contribution in [2.24, 2.45) is 5.92 Å². The molecule has 0 radical (unpaired) electrons. The average molecular weight is 381 g/mol. The van der Waals surface area contributed by atoms with Crippen molar-refractivity contribution in [2.75, 3.05) is 25.0 Å². The molecule has 0 aromatic heterocycles. The third-order valence-corrected chi connectivity index (χ3v) is 5.19. The second kappa shape index (κ2) is 9.93. The molecule has 5 nitrogen and oxygen atoms in total. The van der Waals surface area contributed by atoms with Crippen LogP contribution in [0.2, 0.25) is 5.02 Å². The summed E-state index contributed by atoms with van der Waals surface area (Å²) in [6, 6.07) is 4.96. The number of nitrogens with zero attached hydrogens (tertiary/aromatic N) is 1. The van der Waals surface area contributed by atoms with Crippen LogP contribution in [0.15, 0.2) is 18.2 Å². The molecule has 0 saturated heterocycles. The smallest absolute Gasteiger partial charge is 0.255 e. The maximum absolute atomic E-state index is 12.4. The molecule has 26 heavy (non-hydrogen) atoms. The standard InChI is InChI=1S/C20H29ClN2O3/c1-4-23(5-2)20(25)17-10-9-15(12-18(17)21)22-19(24)13-26-16-8-6-7-14(3)11-16/h9-10,12,14,16H,4-8,11,13H2,1-3H3,(H,22,24). The maximum Gasteiger partial charge on any atom is 0.255 e. The van der Waals surface area contributed by atoms with Crippen molar-refractivity contribution < 1.29 is 14.3 Å². The van der Waals surface area contributed by atoms with Gasteiger partial charge < -0.3 is 15.0 Å². The summed E-state index contributed by atoms with van der Waals surface area (Å²) in [5.41, 5.74) is 1.01. The van der Waals surface area contributed by atoms with E-state index in [1.807, 2.05) is 13.8 Å². The number of hydrogen-bond donors (Lipinski definition) is 1. The summed E-state index contributed by atoms with van der Waals surface area (Å²) in [7, 11) is 0. The highest BCUT2D eigenvalue weighted by molar-refractivity contribution is 6.34. The molecular formula is C20H29ClN2O3. The van der Waals surface area contributed by atoms with Gasteiger partial charge in [-0.3, -0.25) is 9.59 Å². The second-order valence-electron chi connectivity index (χ2n) is 6.93. The quantitative estimate of drug-likeness (QED) is 0.764. The Morgan fingerprint density at radius 3 is 2.62 bits per heavy atom. The van der Waals surface area contributed by atoms with Gasteiger partial charge in [0.05, 0.1) is 16.7 Å². The van der Waals surface area contributed by atoms with Gasteiger partial charge in [-0.2, -0.15) is 0 Å². The normalized spacial score (nSPS) is 19.8. The Hall–Kier alpha value is -1.59. The van der Waals surface area contributed by atoms with Crippen molar-refractivity contribution in [2.45, 2.75) is 52.6 Å². The number of hydrogen-bond acceptors (Lipinski definition) is 3. The number of rotatable bonds is 7. The highest BCUT2D eigenvalue weighted by Gasteiger charge is 2.20. The van der Waals surface area contributed by atoms with Gasteiger partial charge in [-0.1, -0.05) is 31.4 Å². The molecule has 0 aliphatic heterocycles. The number of ether oxygens (including phenoxy) is 1. The predicted octanol–water partition coefficient (Wildman–Crippen LogP) is 4.36. The van der Waals surface area contributed by atoms with Gasteiger partial charge in [0.2, 0.25) is 5.91 Å². The predicted molar refractivity (Wildman–Crippen MR) is 105 cm³/mol. The Kier molecular flexibility index (Phi) is 7.91. The Balaban J connectivity index is 1.90. The molecule has 2 unspecified atom stereocenters. The minimum atomic E-state index is -0.206. The van der Waals surface area contributed by atoms with Crippen LogP contribution in [-0.2, 0) is 9.53 Å². The van der Waals surface area contributed by atoms with Crippen molar-refractivity contribution in [1.29, 1.82) is 0 Å². The van der Waals surface area contributed by atoms with E-state index in [2.05, 4.69) is 12.2 Å². The minimum Gasteiger partial charge on any atom is -0.368 e. The van der Waals surface area contributed by atoms with Crippen LogP contribution in [-0.4, -0.2) is 42.5 Å². The summed E-state index contributed by atoms with van der Waals surface area (Å²) in [6.45, 7) is 7.37. The molecular weight excluding hydrogens is 352 g/mol. The van der Waals surface area contributed by atoms with E-state index < -0.39 is 0 Å². The number of anilines is 1. The summed E-state index contributed by atoms with van der Waals surface area (Å²) in [6.07, 6.45) is 4.60. The van der Waals surface area contributed by atoms with Gasteiger partial charge in [0.1, 0.15) is 6.61 Å². The van der Waals surface area contributed by atoms with Gasteiger partial charge >= 0.3 is 0 Å². The van der Waals surface area contributed by atoms with Crippen LogP contribution in [0.1, 0.15) is 56.8 Å². The van der Waals surface area contributed by atoms with E-state index in [9.17, 15) is 9.59 Å². The molecule has 1 aliphatic carbocycles. The van der Waals surface area contributed by atoms with Gasteiger partial charge in [0.15, 0.2) is 0 Å². The number of carbonyl (C=O) groups excluding carboxylic acids is 2. The Morgan fingerprint density at radius 2 is 2.00 bits per heavy atom. The zero-order chi connectivity index (χ0) is 19.1. The number of nitrogens with one attached hydrogen (secondary N) is 1. The van der Waals surface area contributed by atoms with E-state index in [4.69, 9.17) is 16.3 Å². The first kappa shape index (κ1) is 20.7. The lowest BCUT2D eigenvalue weighted by molar-refractivity contribution is -0.123. The molecule has 1 saturated carbocycles. The van der Waals surface area contributed by atoms with Crippen LogP contribution in [0.25, 0.3) is 0 Å². The first-order valence-corrected chi connectivity index (χ1v) is 9.82. The molecule has 1 fully saturated rings. The molecule has 0 bridgehead atoms. The number of halogens is 1. The lowest BCUT2D eigenvalue weighted by Gasteiger charge is -2.26. The van der Waals surface area contributed by atoms with Gasteiger partial charge in [0.25, 0.3) is 5.91 Å². The first-order chi connectivity index (χ1) is 12.4. The summed E-state index contributed by atoms with van der Waals surface area (Å²) in [4.78, 5) is 26.2. The summed E-state index contributed by atoms with van der Waals surface area (Å²) in [5, 5.41) is 3.12. The average Bonchev–Trinajstić information content (AvgIpc) is 2.61. The fourth-order valence-electron chi connectivity index (χ4n) is 3.37. The molecule has 6 heteroatoms. The van der Waals surface area contributed by atoms with Crippen molar-refractivity contribution in [3.05, 3.63) is 28.8 Å². The van der Waals surface area contributed by atoms with E-state index in [0.717, 1.165) is 19.3 Å². The molecule has 1 aliphatic rings. The van der Waals surface area contributed by atoms with Crippen LogP contribution in [0.4, 0.5) is 5.69 Å². The van der Waals surface area contributed by atoms with Crippen molar-refractivity contribution in [3.8, 4) is 0 Å². The summed E-state index contributed by atoms with van der Waals surface area (Å²) < 4.78 is 5.73. The molecule has 1 N–H and O–H groups in total. The van der Waals surface area contributed by atoms with Crippen molar-refractivity contribution in [3.63, 3.8) is 0 Å².